The monoisotopic (exact) mass is 544 g/mol. The van der Waals surface area contributed by atoms with Gasteiger partial charge in [0.1, 0.15) is 5.75 Å². The van der Waals surface area contributed by atoms with Crippen LogP contribution in [-0.4, -0.2) is 95.2 Å². The van der Waals surface area contributed by atoms with Crippen LogP contribution in [0.2, 0.25) is 0 Å². The fourth-order valence-corrected chi connectivity index (χ4v) is 4.02. The first-order chi connectivity index (χ1) is 17.5. The highest BCUT2D eigenvalue weighted by molar-refractivity contribution is 5.96. The van der Waals surface area contributed by atoms with Crippen LogP contribution in [0.4, 0.5) is 0 Å². The Labute approximate surface area is 210 Å². The zero-order valence-electron chi connectivity index (χ0n) is 18.7. The first-order valence-electron chi connectivity index (χ1n) is 10.1. The quantitative estimate of drug-likeness (QED) is 0.176. The minimum atomic E-state index is -2.43. The van der Waals surface area contributed by atoms with Crippen molar-refractivity contribution in [1.29, 1.82) is 0 Å². The van der Waals surface area contributed by atoms with Crippen molar-refractivity contribution in [2.75, 3.05) is 6.61 Å². The molecule has 0 bridgehead atoms. The van der Waals surface area contributed by atoms with Crippen molar-refractivity contribution < 1.29 is 83.9 Å². The van der Waals surface area contributed by atoms with Gasteiger partial charge in [-0.05, 0) is 24.3 Å². The predicted molar refractivity (Wildman–Crippen MR) is 113 cm³/mol. The molecule has 0 spiro atoms. The topological polar surface area (TPSA) is 308 Å². The average molecular weight is 544 g/mol. The Balaban J connectivity index is 0.000000437. The van der Waals surface area contributed by atoms with Gasteiger partial charge >= 0.3 is 47.8 Å². The predicted octanol–water partition coefficient (Wildman–Crippen LogP) is -0.947. The lowest BCUT2D eigenvalue weighted by Crippen LogP contribution is -2.59. The second-order valence-corrected chi connectivity index (χ2v) is 7.70. The molecule has 0 saturated heterocycles. The molecule has 0 radical (unpaired) electrons. The lowest BCUT2D eigenvalue weighted by Gasteiger charge is -2.42. The molecule has 1 fully saturated rings. The summed E-state index contributed by atoms with van der Waals surface area (Å²) in [5.74, 6) is -28.6. The normalized spacial score (nSPS) is 24.0. The van der Waals surface area contributed by atoms with E-state index in [1.54, 1.807) is 0 Å². The molecule has 0 aromatic heterocycles. The number of hydrogen-bond acceptors (Lipinski definition) is 9. The van der Waals surface area contributed by atoms with Crippen molar-refractivity contribution >= 4 is 47.8 Å². The molecule has 1 saturated carbocycles. The molecule has 1 aliphatic carbocycles. The number of carbonyl (C=O) groups is 8. The Morgan fingerprint density at radius 2 is 0.763 bits per heavy atom. The number of benzene rings is 1. The van der Waals surface area contributed by atoms with E-state index in [9.17, 15) is 38.4 Å². The maximum absolute atomic E-state index is 11.3. The maximum atomic E-state index is 11.3. The molecule has 8 N–H and O–H groups in total. The number of carboxylic acid groups (broad SMARTS) is 8. The molecule has 206 valence electrons. The van der Waals surface area contributed by atoms with E-state index in [0.29, 0.717) is 5.75 Å². The summed E-state index contributed by atoms with van der Waals surface area (Å²) in [7, 11) is 0. The van der Waals surface area contributed by atoms with E-state index < -0.39 is 89.9 Å². The summed E-state index contributed by atoms with van der Waals surface area (Å²) in [5, 5.41) is 71.7. The molecule has 1 aromatic carbocycles. The summed E-state index contributed by atoms with van der Waals surface area (Å²) in [6.45, 7) is -0.438. The van der Waals surface area contributed by atoms with Crippen LogP contribution in [0.1, 0.15) is 10.4 Å². The van der Waals surface area contributed by atoms with Crippen LogP contribution in [0.15, 0.2) is 24.3 Å². The first-order valence-corrected chi connectivity index (χ1v) is 10.1. The number of aliphatic carboxylic acids is 7. The molecule has 17 nitrogen and oxygen atoms in total. The van der Waals surface area contributed by atoms with Crippen molar-refractivity contribution in [1.82, 2.24) is 0 Å². The van der Waals surface area contributed by atoms with Gasteiger partial charge in [-0.25, -0.2) is 9.59 Å². The highest BCUT2D eigenvalue weighted by atomic mass is 16.5. The lowest BCUT2D eigenvalue weighted by atomic mass is 9.56. The van der Waals surface area contributed by atoms with Gasteiger partial charge in [0.2, 0.25) is 0 Å². The highest BCUT2D eigenvalue weighted by Crippen LogP contribution is 2.47. The van der Waals surface area contributed by atoms with Crippen LogP contribution in [0, 0.1) is 35.5 Å². The smallest absolute Gasteiger partial charge is 0.341 e. The Kier molecular flexibility index (Phi) is 10.3. The molecule has 0 amide bonds. The van der Waals surface area contributed by atoms with Crippen molar-refractivity contribution in [3.05, 3.63) is 29.8 Å². The zero-order chi connectivity index (χ0) is 29.5. The summed E-state index contributed by atoms with van der Waals surface area (Å²) in [5.41, 5.74) is 0.132. The molecule has 0 unspecified atom stereocenters. The third kappa shape index (κ3) is 7.15. The van der Waals surface area contributed by atoms with E-state index in [2.05, 4.69) is 0 Å². The average Bonchev–Trinajstić information content (AvgIpc) is 2.80. The van der Waals surface area contributed by atoms with Gasteiger partial charge in [-0.1, -0.05) is 0 Å². The molecule has 2 rings (SSSR count). The summed E-state index contributed by atoms with van der Waals surface area (Å²) < 4.78 is 4.81. The number of hydrogen-bond donors (Lipinski definition) is 8. The maximum Gasteiger partial charge on any atom is 0.341 e. The summed E-state index contributed by atoms with van der Waals surface area (Å²) >= 11 is 0. The Morgan fingerprint density at radius 1 is 0.500 bits per heavy atom. The Hall–Kier alpha value is -5.22. The fourth-order valence-electron chi connectivity index (χ4n) is 4.02. The highest BCUT2D eigenvalue weighted by Gasteiger charge is 2.64. The summed E-state index contributed by atoms with van der Waals surface area (Å²) in [6.07, 6.45) is 0. The standard InChI is InChI=1S/C12H12O12.C9H8O5/c13-7(14)1-2(8(15)16)4(10(19)20)6(12(23)24)5(11(21)22)3(1)9(17)18;10-8(11)5-14-7-3-1-6(2-4-7)9(12)13/h1-6H,(H,13,14)(H,15,16)(H,17,18)(H,19,20)(H,21,22)(H,23,24);1-4H,5H2,(H,10,11)(H,12,13). The largest absolute Gasteiger partial charge is 0.482 e. The molecular formula is C21H20O17. The van der Waals surface area contributed by atoms with Gasteiger partial charge < -0.3 is 45.6 Å². The number of carboxylic acids is 8. The zero-order valence-corrected chi connectivity index (χ0v) is 18.7. The van der Waals surface area contributed by atoms with Gasteiger partial charge in [-0.2, -0.15) is 0 Å². The van der Waals surface area contributed by atoms with Crippen molar-refractivity contribution in [3.8, 4) is 5.75 Å². The minimum absolute atomic E-state index is 0.132. The van der Waals surface area contributed by atoms with E-state index in [1.807, 2.05) is 0 Å². The van der Waals surface area contributed by atoms with E-state index in [4.69, 9.17) is 45.6 Å². The minimum Gasteiger partial charge on any atom is -0.482 e. The molecule has 1 aromatic rings. The van der Waals surface area contributed by atoms with Gasteiger partial charge in [0, 0.05) is 0 Å². The van der Waals surface area contributed by atoms with E-state index in [-0.39, 0.29) is 5.56 Å². The van der Waals surface area contributed by atoms with Crippen LogP contribution in [0.25, 0.3) is 0 Å². The third-order valence-corrected chi connectivity index (χ3v) is 5.50. The van der Waals surface area contributed by atoms with Crippen LogP contribution < -0.4 is 4.74 Å². The van der Waals surface area contributed by atoms with Gasteiger partial charge in [0.05, 0.1) is 41.1 Å². The number of rotatable bonds is 10. The van der Waals surface area contributed by atoms with Crippen LogP contribution in [0.3, 0.4) is 0 Å². The summed E-state index contributed by atoms with van der Waals surface area (Å²) in [4.78, 5) is 88.6. The molecule has 0 aliphatic heterocycles. The summed E-state index contributed by atoms with van der Waals surface area (Å²) in [6, 6.07) is 5.51. The van der Waals surface area contributed by atoms with E-state index in [1.165, 1.54) is 24.3 Å². The van der Waals surface area contributed by atoms with Crippen LogP contribution >= 0.6 is 0 Å². The van der Waals surface area contributed by atoms with Gasteiger partial charge in [-0.15, -0.1) is 0 Å². The van der Waals surface area contributed by atoms with Gasteiger partial charge in [-0.3, -0.25) is 28.8 Å². The van der Waals surface area contributed by atoms with Crippen molar-refractivity contribution in [2.45, 2.75) is 0 Å². The molecule has 0 heterocycles. The van der Waals surface area contributed by atoms with Crippen LogP contribution in [-0.2, 0) is 33.6 Å². The number of aromatic carboxylic acids is 1. The first kappa shape index (κ1) is 30.8. The molecular weight excluding hydrogens is 524 g/mol. The Bertz CT molecular complexity index is 985. The molecule has 17 heteroatoms. The lowest BCUT2D eigenvalue weighted by molar-refractivity contribution is -0.191. The van der Waals surface area contributed by atoms with Crippen molar-refractivity contribution in [2.24, 2.45) is 35.5 Å². The number of ether oxygens (including phenoxy) is 1. The van der Waals surface area contributed by atoms with Crippen molar-refractivity contribution in [3.63, 3.8) is 0 Å². The second-order valence-electron chi connectivity index (χ2n) is 7.70. The fraction of sp³-hybridized carbons (Fsp3) is 0.333. The molecule has 1 aliphatic rings. The van der Waals surface area contributed by atoms with Gasteiger partial charge in [0.25, 0.3) is 0 Å². The van der Waals surface area contributed by atoms with Gasteiger partial charge in [0.15, 0.2) is 6.61 Å². The van der Waals surface area contributed by atoms with Crippen LogP contribution in [0.5, 0.6) is 5.75 Å². The molecule has 0 atom stereocenters. The SMILES string of the molecule is O=C(O)C1C(C(=O)O)C(C(=O)O)C(C(=O)O)C(C(=O)O)C1C(=O)O.O=C(O)COc1ccc(C(=O)O)cc1. The van der Waals surface area contributed by atoms with E-state index in [0.717, 1.165) is 0 Å². The second kappa shape index (κ2) is 12.7. The molecule has 38 heavy (non-hydrogen) atoms. The van der Waals surface area contributed by atoms with E-state index >= 15 is 0 Å². The Morgan fingerprint density at radius 3 is 0.947 bits per heavy atom. The third-order valence-electron chi connectivity index (χ3n) is 5.50.